The fourth-order valence-corrected chi connectivity index (χ4v) is 2.15. The average molecular weight is 245 g/mol. The molecule has 0 N–H and O–H groups in total. The Labute approximate surface area is 98.7 Å². The third-order valence-corrected chi connectivity index (χ3v) is 3.34. The van der Waals surface area contributed by atoms with Crippen LogP contribution in [0.2, 0.25) is 0 Å². The molecule has 2 unspecified atom stereocenters. The van der Waals surface area contributed by atoms with E-state index in [2.05, 4.69) is 10.1 Å². The molecule has 16 heavy (non-hydrogen) atoms. The molecule has 1 aromatic heterocycles. The maximum absolute atomic E-state index is 11.1. The van der Waals surface area contributed by atoms with Crippen molar-refractivity contribution in [2.24, 2.45) is 0 Å². The fraction of sp³-hybridized carbons (Fsp3) is 0.800. The first-order valence-electron chi connectivity index (χ1n) is 5.28. The Hall–Kier alpha value is -0.910. The highest BCUT2D eigenvalue weighted by Gasteiger charge is 2.18. The Balaban J connectivity index is 2.71. The molecule has 1 rings (SSSR count). The minimum Gasteiger partial charge on any atom is -0.324 e. The van der Waals surface area contributed by atoms with Crippen LogP contribution in [0.4, 0.5) is 6.01 Å². The highest BCUT2D eigenvalue weighted by atomic mass is 32.2. The molecule has 0 aromatic carbocycles. The minimum absolute atomic E-state index is 0.117. The molecule has 0 saturated carbocycles. The lowest BCUT2D eigenvalue weighted by Gasteiger charge is -2.21. The van der Waals surface area contributed by atoms with Crippen LogP contribution >= 0.6 is 0 Å². The van der Waals surface area contributed by atoms with Crippen LogP contribution < -0.4 is 4.90 Å². The topological polar surface area (TPSA) is 59.2 Å². The summed E-state index contributed by atoms with van der Waals surface area (Å²) in [6.07, 6.45) is 1.69. The molecule has 1 aromatic rings. The van der Waals surface area contributed by atoms with Crippen LogP contribution in [0.3, 0.4) is 0 Å². The number of anilines is 1. The highest BCUT2D eigenvalue weighted by molar-refractivity contribution is 7.84. The van der Waals surface area contributed by atoms with Crippen molar-refractivity contribution in [3.8, 4) is 0 Å². The van der Waals surface area contributed by atoms with E-state index < -0.39 is 10.8 Å². The summed E-state index contributed by atoms with van der Waals surface area (Å²) in [5.41, 5.74) is 0. The second-order valence-electron chi connectivity index (χ2n) is 4.29. The number of aromatic nitrogens is 2. The monoisotopic (exact) mass is 245 g/mol. The Morgan fingerprint density at radius 3 is 2.50 bits per heavy atom. The lowest BCUT2D eigenvalue weighted by Crippen LogP contribution is -2.33. The molecule has 0 amide bonds. The van der Waals surface area contributed by atoms with Gasteiger partial charge >= 0.3 is 6.01 Å². The van der Waals surface area contributed by atoms with Crippen molar-refractivity contribution >= 4 is 16.8 Å². The van der Waals surface area contributed by atoms with Crippen molar-refractivity contribution in [2.45, 2.75) is 32.7 Å². The zero-order valence-electron chi connectivity index (χ0n) is 10.4. The molecule has 2 atom stereocenters. The van der Waals surface area contributed by atoms with Gasteiger partial charge in [-0.25, -0.2) is 0 Å². The third kappa shape index (κ3) is 3.30. The van der Waals surface area contributed by atoms with E-state index in [1.54, 1.807) is 6.26 Å². The fourth-order valence-electron chi connectivity index (χ4n) is 1.24. The third-order valence-electron chi connectivity index (χ3n) is 2.39. The summed E-state index contributed by atoms with van der Waals surface area (Å²) in [6.45, 7) is 6.01. The van der Waals surface area contributed by atoms with E-state index in [0.717, 1.165) is 0 Å². The van der Waals surface area contributed by atoms with Gasteiger partial charge in [-0.3, -0.25) is 4.21 Å². The van der Waals surface area contributed by atoms with Gasteiger partial charge in [0.1, 0.15) is 0 Å². The molecule has 0 fully saturated rings. The van der Waals surface area contributed by atoms with E-state index in [0.29, 0.717) is 17.6 Å². The summed E-state index contributed by atoms with van der Waals surface area (Å²) in [6, 6.07) is 0.605. The number of nitrogens with zero attached hydrogens (tertiary/aromatic N) is 3. The summed E-state index contributed by atoms with van der Waals surface area (Å²) in [4.78, 5) is 6.15. The van der Waals surface area contributed by atoms with Gasteiger partial charge in [0, 0.05) is 41.8 Å². The summed E-state index contributed by atoms with van der Waals surface area (Å²) >= 11 is 0. The van der Waals surface area contributed by atoms with Crippen LogP contribution in [0.25, 0.3) is 0 Å². The van der Waals surface area contributed by atoms with Gasteiger partial charge < -0.3 is 9.42 Å². The van der Waals surface area contributed by atoms with Gasteiger partial charge in [0.2, 0.25) is 0 Å². The molecule has 6 heteroatoms. The van der Waals surface area contributed by atoms with E-state index in [1.807, 2.05) is 32.7 Å². The van der Waals surface area contributed by atoms with Gasteiger partial charge in [-0.2, -0.15) is 4.98 Å². The molecule has 1 heterocycles. The van der Waals surface area contributed by atoms with Crippen LogP contribution in [0.15, 0.2) is 4.52 Å². The van der Waals surface area contributed by atoms with E-state index >= 15 is 0 Å². The van der Waals surface area contributed by atoms with Crippen LogP contribution in [0, 0.1) is 0 Å². The zero-order chi connectivity index (χ0) is 12.3. The number of hydrogen-bond donors (Lipinski definition) is 0. The van der Waals surface area contributed by atoms with Crippen LogP contribution in [-0.2, 0) is 10.8 Å². The van der Waals surface area contributed by atoms with Gasteiger partial charge in [0.15, 0.2) is 5.82 Å². The largest absolute Gasteiger partial charge is 0.324 e. The first-order valence-corrected chi connectivity index (χ1v) is 7.01. The molecule has 0 saturated heterocycles. The van der Waals surface area contributed by atoms with Gasteiger partial charge in [0.25, 0.3) is 0 Å². The molecular formula is C10H19N3O2S. The lowest BCUT2D eigenvalue weighted by molar-refractivity contribution is 0.403. The molecule has 0 aliphatic rings. The summed E-state index contributed by atoms with van der Waals surface area (Å²) in [7, 11) is 1.05. The molecule has 0 aliphatic heterocycles. The zero-order valence-corrected chi connectivity index (χ0v) is 11.2. The van der Waals surface area contributed by atoms with Gasteiger partial charge in [0.05, 0.1) is 0 Å². The second kappa shape index (κ2) is 5.43. The second-order valence-corrected chi connectivity index (χ2v) is 5.77. The predicted octanol–water partition coefficient (Wildman–Crippen LogP) is 1.40. The van der Waals surface area contributed by atoms with Crippen molar-refractivity contribution in [3.63, 3.8) is 0 Å². The summed E-state index contributed by atoms with van der Waals surface area (Å²) in [5, 5.41) is 3.89. The SMILES string of the molecule is CC(C)c1noc(N(C)C(C)CS(C)=O)n1. The van der Waals surface area contributed by atoms with E-state index in [-0.39, 0.29) is 12.0 Å². The van der Waals surface area contributed by atoms with Crippen molar-refractivity contribution in [3.05, 3.63) is 5.82 Å². The average Bonchev–Trinajstić information content (AvgIpc) is 2.64. The first-order chi connectivity index (χ1) is 7.41. The summed E-state index contributed by atoms with van der Waals surface area (Å²) in [5.74, 6) is 1.55. The van der Waals surface area contributed by atoms with Crippen molar-refractivity contribution in [2.75, 3.05) is 24.0 Å². The lowest BCUT2D eigenvalue weighted by atomic mass is 10.2. The molecule has 92 valence electrons. The number of rotatable bonds is 5. The van der Waals surface area contributed by atoms with E-state index in [4.69, 9.17) is 4.52 Å². The summed E-state index contributed by atoms with van der Waals surface area (Å²) < 4.78 is 16.3. The molecule has 0 aliphatic carbocycles. The Morgan fingerprint density at radius 2 is 2.06 bits per heavy atom. The number of hydrogen-bond acceptors (Lipinski definition) is 5. The van der Waals surface area contributed by atoms with E-state index in [1.165, 1.54) is 0 Å². The van der Waals surface area contributed by atoms with Crippen molar-refractivity contribution in [1.29, 1.82) is 0 Å². The predicted molar refractivity (Wildman–Crippen MR) is 65.2 cm³/mol. The maximum Gasteiger partial charge on any atom is 0.324 e. The van der Waals surface area contributed by atoms with Gasteiger partial charge in [-0.1, -0.05) is 19.0 Å². The van der Waals surface area contributed by atoms with Crippen LogP contribution in [-0.4, -0.2) is 39.4 Å². The molecule has 0 spiro atoms. The van der Waals surface area contributed by atoms with Gasteiger partial charge in [-0.05, 0) is 6.92 Å². The smallest absolute Gasteiger partial charge is 0.324 e. The maximum atomic E-state index is 11.1. The Kier molecular flexibility index (Phi) is 4.46. The van der Waals surface area contributed by atoms with Crippen molar-refractivity contribution in [1.82, 2.24) is 10.1 Å². The first kappa shape index (κ1) is 13.2. The molecular weight excluding hydrogens is 226 g/mol. The quantitative estimate of drug-likeness (QED) is 0.784. The molecule has 0 bridgehead atoms. The van der Waals surface area contributed by atoms with Crippen LogP contribution in [0.1, 0.15) is 32.5 Å². The highest BCUT2D eigenvalue weighted by Crippen LogP contribution is 2.17. The standard InChI is InChI=1S/C10H19N3O2S/c1-7(2)9-11-10(15-12-9)13(4)8(3)6-16(5)14/h7-8H,6H2,1-5H3. The Bertz CT molecular complexity index is 365. The molecule has 0 radical (unpaired) electrons. The normalized spacial score (nSPS) is 15.1. The van der Waals surface area contributed by atoms with Crippen molar-refractivity contribution < 1.29 is 8.73 Å². The van der Waals surface area contributed by atoms with E-state index in [9.17, 15) is 4.21 Å². The minimum atomic E-state index is -0.824. The molecule has 5 nitrogen and oxygen atoms in total. The van der Waals surface area contributed by atoms with Gasteiger partial charge in [-0.15, -0.1) is 0 Å². The van der Waals surface area contributed by atoms with Crippen LogP contribution in [0.5, 0.6) is 0 Å². The Morgan fingerprint density at radius 1 is 1.44 bits per heavy atom.